The zero-order valence-electron chi connectivity index (χ0n) is 10.4. The highest BCUT2D eigenvalue weighted by Gasteiger charge is 2.12. The molecular formula is C14H16N4. The van der Waals surface area contributed by atoms with E-state index < -0.39 is 0 Å². The van der Waals surface area contributed by atoms with Gasteiger partial charge in [-0.3, -0.25) is 9.97 Å². The topological polar surface area (TPSA) is 41.0 Å². The molecule has 0 spiro atoms. The molecule has 4 nitrogen and oxygen atoms in total. The Hall–Kier alpha value is -1.94. The standard InChI is InChI=1S/C14H16N4/c1-18-7-6-17-13-3-2-11(8-12(13)10-18)14-9-15-4-5-16-14/h2-5,8-9,17H,6-7,10H2,1H3. The molecular weight excluding hydrogens is 224 g/mol. The average molecular weight is 240 g/mol. The first-order chi connectivity index (χ1) is 8.83. The van der Waals surface area contributed by atoms with Gasteiger partial charge in [-0.15, -0.1) is 0 Å². The summed E-state index contributed by atoms with van der Waals surface area (Å²) in [5.41, 5.74) is 4.59. The van der Waals surface area contributed by atoms with Crippen molar-refractivity contribution in [1.82, 2.24) is 14.9 Å². The summed E-state index contributed by atoms with van der Waals surface area (Å²) in [4.78, 5) is 10.8. The molecule has 1 aromatic heterocycles. The molecule has 0 bridgehead atoms. The molecule has 0 atom stereocenters. The molecule has 2 aromatic rings. The third-order valence-electron chi connectivity index (χ3n) is 3.21. The van der Waals surface area contributed by atoms with Crippen LogP contribution in [0.5, 0.6) is 0 Å². The second-order valence-corrected chi connectivity index (χ2v) is 4.63. The summed E-state index contributed by atoms with van der Waals surface area (Å²) >= 11 is 0. The Kier molecular flexibility index (Phi) is 2.94. The minimum absolute atomic E-state index is 0.923. The van der Waals surface area contributed by atoms with Gasteiger partial charge in [-0.25, -0.2) is 0 Å². The lowest BCUT2D eigenvalue weighted by atomic mass is 10.1. The van der Waals surface area contributed by atoms with Crippen LogP contribution in [0.2, 0.25) is 0 Å². The number of fused-ring (bicyclic) bond motifs is 1. The average Bonchev–Trinajstić information content (AvgIpc) is 2.59. The van der Waals surface area contributed by atoms with Crippen LogP contribution in [-0.4, -0.2) is 35.0 Å². The van der Waals surface area contributed by atoms with Crippen molar-refractivity contribution in [2.45, 2.75) is 6.54 Å². The predicted octanol–water partition coefficient (Wildman–Crippen LogP) is 2.00. The van der Waals surface area contributed by atoms with Crippen LogP contribution in [0.1, 0.15) is 5.56 Å². The van der Waals surface area contributed by atoms with E-state index in [4.69, 9.17) is 0 Å². The number of hydrogen-bond acceptors (Lipinski definition) is 4. The molecule has 1 aliphatic rings. The molecule has 0 fully saturated rings. The Morgan fingerprint density at radius 2 is 2.22 bits per heavy atom. The van der Waals surface area contributed by atoms with Crippen LogP contribution >= 0.6 is 0 Å². The van der Waals surface area contributed by atoms with Crippen molar-refractivity contribution in [1.29, 1.82) is 0 Å². The van der Waals surface area contributed by atoms with E-state index in [1.807, 2.05) is 0 Å². The third kappa shape index (κ3) is 2.19. The number of likely N-dealkylation sites (N-methyl/N-ethyl adjacent to an activating group) is 1. The highest BCUT2D eigenvalue weighted by atomic mass is 15.1. The Morgan fingerprint density at radius 1 is 1.28 bits per heavy atom. The maximum absolute atomic E-state index is 4.34. The van der Waals surface area contributed by atoms with Gasteiger partial charge in [-0.1, -0.05) is 6.07 Å². The van der Waals surface area contributed by atoms with Gasteiger partial charge >= 0.3 is 0 Å². The Morgan fingerprint density at radius 3 is 3.06 bits per heavy atom. The maximum atomic E-state index is 4.34. The van der Waals surface area contributed by atoms with Crippen LogP contribution < -0.4 is 5.32 Å². The van der Waals surface area contributed by atoms with Crippen LogP contribution in [0.4, 0.5) is 5.69 Å². The largest absolute Gasteiger partial charge is 0.383 e. The minimum atomic E-state index is 0.923. The lowest BCUT2D eigenvalue weighted by molar-refractivity contribution is 0.346. The number of anilines is 1. The van der Waals surface area contributed by atoms with Gasteiger partial charge in [0.2, 0.25) is 0 Å². The van der Waals surface area contributed by atoms with Crippen molar-refractivity contribution in [3.63, 3.8) is 0 Å². The van der Waals surface area contributed by atoms with Crippen molar-refractivity contribution in [3.05, 3.63) is 42.4 Å². The molecule has 3 rings (SSSR count). The van der Waals surface area contributed by atoms with Crippen LogP contribution in [0.3, 0.4) is 0 Å². The van der Waals surface area contributed by atoms with Gasteiger partial charge in [0.15, 0.2) is 0 Å². The summed E-state index contributed by atoms with van der Waals surface area (Å²) in [5, 5.41) is 3.46. The Bertz CT molecular complexity index is 539. The van der Waals surface area contributed by atoms with E-state index >= 15 is 0 Å². The van der Waals surface area contributed by atoms with Crippen LogP contribution in [0.15, 0.2) is 36.8 Å². The van der Waals surface area contributed by atoms with E-state index in [1.165, 1.54) is 11.3 Å². The SMILES string of the molecule is CN1CCNc2ccc(-c3cnccn3)cc2C1. The Balaban J connectivity index is 2.00. The van der Waals surface area contributed by atoms with Gasteiger partial charge in [0.1, 0.15) is 0 Å². The number of rotatable bonds is 1. The number of hydrogen-bond donors (Lipinski definition) is 1. The summed E-state index contributed by atoms with van der Waals surface area (Å²) in [6, 6.07) is 6.44. The van der Waals surface area contributed by atoms with Crippen molar-refractivity contribution in [3.8, 4) is 11.3 Å². The number of aromatic nitrogens is 2. The normalized spacial score (nSPS) is 15.6. The van der Waals surface area contributed by atoms with Crippen molar-refractivity contribution in [2.75, 3.05) is 25.5 Å². The summed E-state index contributed by atoms with van der Waals surface area (Å²) < 4.78 is 0. The molecule has 4 heteroatoms. The van der Waals surface area contributed by atoms with Crippen molar-refractivity contribution in [2.24, 2.45) is 0 Å². The maximum Gasteiger partial charge on any atom is 0.0885 e. The van der Waals surface area contributed by atoms with E-state index in [0.717, 1.165) is 30.9 Å². The molecule has 1 aliphatic heterocycles. The first kappa shape index (κ1) is 11.2. The molecule has 0 radical (unpaired) electrons. The highest BCUT2D eigenvalue weighted by Crippen LogP contribution is 2.25. The van der Waals surface area contributed by atoms with Gasteiger partial charge in [0.05, 0.1) is 11.9 Å². The lowest BCUT2D eigenvalue weighted by Crippen LogP contribution is -2.20. The fraction of sp³-hybridized carbons (Fsp3) is 0.286. The number of benzene rings is 1. The van der Waals surface area contributed by atoms with Crippen LogP contribution in [0.25, 0.3) is 11.3 Å². The highest BCUT2D eigenvalue weighted by molar-refractivity contribution is 5.65. The van der Waals surface area contributed by atoms with E-state index in [1.54, 1.807) is 18.6 Å². The summed E-state index contributed by atoms with van der Waals surface area (Å²) in [6.45, 7) is 3.03. The first-order valence-corrected chi connectivity index (χ1v) is 6.15. The molecule has 92 valence electrons. The van der Waals surface area contributed by atoms with Gasteiger partial charge < -0.3 is 10.2 Å². The van der Waals surface area contributed by atoms with Gasteiger partial charge in [0.25, 0.3) is 0 Å². The molecule has 0 saturated carbocycles. The molecule has 0 unspecified atom stereocenters. The summed E-state index contributed by atoms with van der Waals surface area (Å²) in [7, 11) is 2.14. The molecule has 1 aromatic carbocycles. The second-order valence-electron chi connectivity index (χ2n) is 4.63. The van der Waals surface area contributed by atoms with E-state index in [9.17, 15) is 0 Å². The molecule has 18 heavy (non-hydrogen) atoms. The fourth-order valence-electron chi connectivity index (χ4n) is 2.26. The smallest absolute Gasteiger partial charge is 0.0885 e. The molecule has 0 aliphatic carbocycles. The number of nitrogens with one attached hydrogen (secondary N) is 1. The molecule has 0 saturated heterocycles. The van der Waals surface area contributed by atoms with Gasteiger partial charge in [0, 0.05) is 43.3 Å². The van der Waals surface area contributed by atoms with Gasteiger partial charge in [-0.05, 0) is 24.7 Å². The predicted molar refractivity (Wildman–Crippen MR) is 72.3 cm³/mol. The fourth-order valence-corrected chi connectivity index (χ4v) is 2.26. The van der Waals surface area contributed by atoms with E-state index in [2.05, 4.69) is 45.4 Å². The monoisotopic (exact) mass is 240 g/mol. The molecule has 0 amide bonds. The minimum Gasteiger partial charge on any atom is -0.383 e. The lowest BCUT2D eigenvalue weighted by Gasteiger charge is -2.13. The van der Waals surface area contributed by atoms with Gasteiger partial charge in [-0.2, -0.15) is 0 Å². The third-order valence-corrected chi connectivity index (χ3v) is 3.21. The van der Waals surface area contributed by atoms with Crippen molar-refractivity contribution >= 4 is 5.69 Å². The van der Waals surface area contributed by atoms with Crippen molar-refractivity contribution < 1.29 is 0 Å². The van der Waals surface area contributed by atoms with Crippen LogP contribution in [0, 0.1) is 0 Å². The second kappa shape index (κ2) is 4.74. The molecule has 1 N–H and O–H groups in total. The van der Waals surface area contributed by atoms with E-state index in [0.29, 0.717) is 0 Å². The number of nitrogens with zero attached hydrogens (tertiary/aromatic N) is 3. The Labute approximate surface area is 107 Å². The van der Waals surface area contributed by atoms with E-state index in [-0.39, 0.29) is 0 Å². The zero-order valence-corrected chi connectivity index (χ0v) is 10.4. The van der Waals surface area contributed by atoms with Crippen LogP contribution in [-0.2, 0) is 6.54 Å². The zero-order chi connectivity index (χ0) is 12.4. The summed E-state index contributed by atoms with van der Waals surface area (Å²) in [6.07, 6.45) is 5.23. The first-order valence-electron chi connectivity index (χ1n) is 6.15. The summed E-state index contributed by atoms with van der Waals surface area (Å²) in [5.74, 6) is 0. The quantitative estimate of drug-likeness (QED) is 0.827. The molecule has 2 heterocycles.